The number of aromatic nitrogens is 1. The molecule has 0 bridgehead atoms. The van der Waals surface area contributed by atoms with Crippen molar-refractivity contribution in [2.45, 2.75) is 25.7 Å². The number of benzene rings is 2. The first-order chi connectivity index (χ1) is 11.7. The van der Waals surface area contributed by atoms with Crippen LogP contribution in [0.25, 0.3) is 10.2 Å². The maximum absolute atomic E-state index is 12.0. The molecule has 0 spiro atoms. The Hall–Kier alpha value is -2.71. The molecule has 3 aromatic rings. The highest BCUT2D eigenvalue weighted by Crippen LogP contribution is 2.22. The van der Waals surface area contributed by atoms with Gasteiger partial charge in [-0.2, -0.15) is 5.26 Å². The van der Waals surface area contributed by atoms with E-state index in [1.54, 1.807) is 11.3 Å². The van der Waals surface area contributed by atoms with Crippen molar-refractivity contribution in [3.05, 3.63) is 59.1 Å². The predicted octanol–water partition coefficient (Wildman–Crippen LogP) is 4.32. The molecule has 0 aliphatic heterocycles. The standard InChI is InChI=1S/C19H17N3OS/c20-13-12-14-8-10-15(11-9-14)21-18(23)6-3-7-19-22-16-4-1-2-5-17(16)24-19/h1-2,4-5,8-11H,3,6-7,12H2,(H,21,23). The predicted molar refractivity (Wildman–Crippen MR) is 96.9 cm³/mol. The lowest BCUT2D eigenvalue weighted by molar-refractivity contribution is -0.116. The van der Waals surface area contributed by atoms with E-state index in [0.29, 0.717) is 12.8 Å². The van der Waals surface area contributed by atoms with Crippen molar-refractivity contribution in [3.63, 3.8) is 0 Å². The monoisotopic (exact) mass is 335 g/mol. The minimum Gasteiger partial charge on any atom is -0.326 e. The highest BCUT2D eigenvalue weighted by molar-refractivity contribution is 7.18. The van der Waals surface area contributed by atoms with Crippen LogP contribution in [-0.4, -0.2) is 10.9 Å². The molecule has 4 nitrogen and oxygen atoms in total. The number of nitrogens with zero attached hydrogens (tertiary/aromatic N) is 2. The summed E-state index contributed by atoms with van der Waals surface area (Å²) in [6, 6.07) is 17.6. The van der Waals surface area contributed by atoms with Gasteiger partial charge in [-0.3, -0.25) is 4.79 Å². The molecule has 3 rings (SSSR count). The fourth-order valence-corrected chi connectivity index (χ4v) is 3.46. The number of hydrogen-bond donors (Lipinski definition) is 1. The van der Waals surface area contributed by atoms with Crippen LogP contribution in [0.5, 0.6) is 0 Å². The molecule has 0 aliphatic rings. The van der Waals surface area contributed by atoms with E-state index in [9.17, 15) is 4.79 Å². The van der Waals surface area contributed by atoms with Gasteiger partial charge in [0.15, 0.2) is 0 Å². The molecule has 5 heteroatoms. The highest BCUT2D eigenvalue weighted by Gasteiger charge is 2.06. The molecule has 1 N–H and O–H groups in total. The van der Waals surface area contributed by atoms with Crippen LogP contribution in [0.15, 0.2) is 48.5 Å². The summed E-state index contributed by atoms with van der Waals surface area (Å²) < 4.78 is 1.19. The van der Waals surface area contributed by atoms with Crippen molar-refractivity contribution in [2.75, 3.05) is 5.32 Å². The van der Waals surface area contributed by atoms with E-state index in [0.717, 1.165) is 34.6 Å². The number of para-hydroxylation sites is 1. The lowest BCUT2D eigenvalue weighted by atomic mass is 10.1. The molecular formula is C19H17N3OS. The summed E-state index contributed by atoms with van der Waals surface area (Å²) in [5.41, 5.74) is 2.74. The molecular weight excluding hydrogens is 318 g/mol. The molecule has 0 fully saturated rings. The fraction of sp³-hybridized carbons (Fsp3) is 0.211. The summed E-state index contributed by atoms with van der Waals surface area (Å²) in [5.74, 6) is 0.00384. The molecule has 0 aliphatic carbocycles. The number of amides is 1. The fourth-order valence-electron chi connectivity index (χ4n) is 2.45. The smallest absolute Gasteiger partial charge is 0.224 e. The van der Waals surface area contributed by atoms with E-state index >= 15 is 0 Å². The molecule has 120 valence electrons. The number of rotatable bonds is 6. The number of carbonyl (C=O) groups excluding carboxylic acids is 1. The second-order valence-electron chi connectivity index (χ2n) is 5.51. The summed E-state index contributed by atoms with van der Waals surface area (Å²) in [6.07, 6.45) is 2.44. The van der Waals surface area contributed by atoms with E-state index < -0.39 is 0 Å². The summed E-state index contributed by atoms with van der Waals surface area (Å²) in [4.78, 5) is 16.6. The molecule has 0 unspecified atom stereocenters. The van der Waals surface area contributed by atoms with Gasteiger partial charge in [-0.25, -0.2) is 4.98 Å². The third kappa shape index (κ3) is 4.18. The first-order valence-electron chi connectivity index (χ1n) is 7.85. The van der Waals surface area contributed by atoms with E-state index in [4.69, 9.17) is 5.26 Å². The van der Waals surface area contributed by atoms with Crippen LogP contribution in [0, 0.1) is 11.3 Å². The van der Waals surface area contributed by atoms with E-state index in [1.165, 1.54) is 4.70 Å². The first-order valence-corrected chi connectivity index (χ1v) is 8.66. The molecule has 24 heavy (non-hydrogen) atoms. The van der Waals surface area contributed by atoms with Crippen LogP contribution in [0.2, 0.25) is 0 Å². The largest absolute Gasteiger partial charge is 0.326 e. The average molecular weight is 335 g/mol. The summed E-state index contributed by atoms with van der Waals surface area (Å²) >= 11 is 1.69. The first kappa shape index (κ1) is 16.2. The van der Waals surface area contributed by atoms with Gasteiger partial charge in [0.25, 0.3) is 0 Å². The Labute approximate surface area is 144 Å². The highest BCUT2D eigenvalue weighted by atomic mass is 32.1. The molecule has 0 radical (unpaired) electrons. The Morgan fingerprint density at radius 1 is 1.17 bits per heavy atom. The number of thiazole rings is 1. The van der Waals surface area contributed by atoms with Gasteiger partial charge in [0.1, 0.15) is 0 Å². The third-order valence-electron chi connectivity index (χ3n) is 3.65. The Kier molecular flexibility index (Phi) is 5.19. The number of nitriles is 1. The summed E-state index contributed by atoms with van der Waals surface area (Å²) in [5, 5.41) is 12.6. The molecule has 1 amide bonds. The number of aryl methyl sites for hydroxylation is 1. The van der Waals surface area contributed by atoms with Gasteiger partial charge in [-0.1, -0.05) is 24.3 Å². The van der Waals surface area contributed by atoms with E-state index in [-0.39, 0.29) is 5.91 Å². The minimum absolute atomic E-state index is 0.00384. The number of fused-ring (bicyclic) bond motifs is 1. The lowest BCUT2D eigenvalue weighted by Crippen LogP contribution is -2.11. The molecule has 0 atom stereocenters. The maximum atomic E-state index is 12.0. The molecule has 0 saturated carbocycles. The van der Waals surface area contributed by atoms with Crippen molar-refractivity contribution in [1.82, 2.24) is 4.98 Å². The number of hydrogen-bond acceptors (Lipinski definition) is 4. The van der Waals surface area contributed by atoms with Crippen LogP contribution in [0.1, 0.15) is 23.4 Å². The second kappa shape index (κ2) is 7.71. The zero-order valence-corrected chi connectivity index (χ0v) is 14.0. The Balaban J connectivity index is 1.47. The van der Waals surface area contributed by atoms with Crippen LogP contribution in [-0.2, 0) is 17.6 Å². The van der Waals surface area contributed by atoms with Gasteiger partial charge in [0, 0.05) is 12.1 Å². The maximum Gasteiger partial charge on any atom is 0.224 e. The van der Waals surface area contributed by atoms with Gasteiger partial charge in [0.05, 0.1) is 27.7 Å². The molecule has 2 aromatic carbocycles. The molecule has 0 saturated heterocycles. The second-order valence-corrected chi connectivity index (χ2v) is 6.62. The van der Waals surface area contributed by atoms with E-state index in [1.807, 2.05) is 42.5 Å². The quantitative estimate of drug-likeness (QED) is 0.729. The zero-order valence-electron chi connectivity index (χ0n) is 13.2. The zero-order chi connectivity index (χ0) is 16.8. The third-order valence-corrected chi connectivity index (χ3v) is 4.75. The average Bonchev–Trinajstić information content (AvgIpc) is 2.99. The number of carbonyl (C=O) groups is 1. The Morgan fingerprint density at radius 3 is 2.71 bits per heavy atom. The van der Waals surface area contributed by atoms with Crippen molar-refractivity contribution in [1.29, 1.82) is 5.26 Å². The van der Waals surface area contributed by atoms with Crippen molar-refractivity contribution in [3.8, 4) is 6.07 Å². The minimum atomic E-state index is 0.00384. The Bertz CT molecular complexity index is 845. The van der Waals surface area contributed by atoms with Crippen LogP contribution >= 0.6 is 11.3 Å². The number of nitrogens with one attached hydrogen (secondary N) is 1. The normalized spacial score (nSPS) is 10.5. The summed E-state index contributed by atoms with van der Waals surface area (Å²) in [7, 11) is 0. The lowest BCUT2D eigenvalue weighted by Gasteiger charge is -2.05. The summed E-state index contributed by atoms with van der Waals surface area (Å²) in [6.45, 7) is 0. The van der Waals surface area contributed by atoms with Gasteiger partial charge in [-0.15, -0.1) is 11.3 Å². The van der Waals surface area contributed by atoms with Crippen molar-refractivity contribution < 1.29 is 4.79 Å². The number of anilines is 1. The molecule has 1 heterocycles. The van der Waals surface area contributed by atoms with Gasteiger partial charge in [0.2, 0.25) is 5.91 Å². The topological polar surface area (TPSA) is 65.8 Å². The molecule has 1 aromatic heterocycles. The van der Waals surface area contributed by atoms with Crippen LogP contribution in [0.3, 0.4) is 0 Å². The van der Waals surface area contributed by atoms with Gasteiger partial charge < -0.3 is 5.32 Å². The van der Waals surface area contributed by atoms with Crippen molar-refractivity contribution in [2.24, 2.45) is 0 Å². The van der Waals surface area contributed by atoms with Crippen molar-refractivity contribution >= 4 is 33.1 Å². The van der Waals surface area contributed by atoms with Crippen LogP contribution < -0.4 is 5.32 Å². The van der Waals surface area contributed by atoms with Gasteiger partial charge in [-0.05, 0) is 42.7 Å². The van der Waals surface area contributed by atoms with Gasteiger partial charge >= 0.3 is 0 Å². The van der Waals surface area contributed by atoms with Crippen LogP contribution in [0.4, 0.5) is 5.69 Å². The SMILES string of the molecule is N#CCc1ccc(NC(=O)CCCc2nc3ccccc3s2)cc1. The Morgan fingerprint density at radius 2 is 1.96 bits per heavy atom. The van der Waals surface area contributed by atoms with E-state index in [2.05, 4.69) is 22.4 Å².